The lowest BCUT2D eigenvalue weighted by molar-refractivity contribution is 0.437. The van der Waals surface area contributed by atoms with Crippen LogP contribution in [0.15, 0.2) is 54.6 Å². The van der Waals surface area contributed by atoms with Gasteiger partial charge in [0.15, 0.2) is 0 Å². The molecule has 1 nitrogen and oxygen atoms in total. The molecule has 0 aromatic heterocycles. The monoisotopic (exact) mass is 251 g/mol. The van der Waals surface area contributed by atoms with Gasteiger partial charge < -0.3 is 5.73 Å². The van der Waals surface area contributed by atoms with Gasteiger partial charge in [-0.15, -0.1) is 12.4 Å². The van der Waals surface area contributed by atoms with Crippen molar-refractivity contribution in [2.75, 3.05) is 6.67 Å². The zero-order chi connectivity index (χ0) is 11.4. The normalized spacial score (nSPS) is 11.6. The molecule has 0 aliphatic rings. The largest absolute Gasteiger partial charge is 0.322 e. The highest BCUT2D eigenvalue weighted by Gasteiger charge is 2.06. The summed E-state index contributed by atoms with van der Waals surface area (Å²) in [6.45, 7) is -0.530. The van der Waals surface area contributed by atoms with Crippen molar-refractivity contribution in [1.82, 2.24) is 0 Å². The quantitative estimate of drug-likeness (QED) is 0.884. The Kier molecular flexibility index (Phi) is 5.13. The molecule has 2 aromatic carbocycles. The van der Waals surface area contributed by atoms with Crippen LogP contribution in [0.4, 0.5) is 4.39 Å². The second-order valence-electron chi connectivity index (χ2n) is 3.75. The molecule has 0 aliphatic carbocycles. The Morgan fingerprint density at radius 2 is 1.59 bits per heavy atom. The molecule has 17 heavy (non-hydrogen) atoms. The topological polar surface area (TPSA) is 26.0 Å². The number of nitrogens with two attached hydrogens (primary N) is 1. The van der Waals surface area contributed by atoms with E-state index in [0.29, 0.717) is 0 Å². The number of rotatable bonds is 3. The maximum absolute atomic E-state index is 12.5. The molecule has 0 amide bonds. The Labute approximate surface area is 107 Å². The molecule has 0 heterocycles. The molecule has 0 bridgehead atoms. The zero-order valence-electron chi connectivity index (χ0n) is 9.34. The van der Waals surface area contributed by atoms with Gasteiger partial charge >= 0.3 is 0 Å². The molecule has 3 heteroatoms. The summed E-state index contributed by atoms with van der Waals surface area (Å²) in [6, 6.07) is 17.2. The van der Waals surface area contributed by atoms with Gasteiger partial charge in [-0.3, -0.25) is 0 Å². The van der Waals surface area contributed by atoms with Crippen LogP contribution in [0, 0.1) is 0 Å². The highest BCUT2D eigenvalue weighted by molar-refractivity contribution is 5.85. The van der Waals surface area contributed by atoms with Gasteiger partial charge in [-0.25, -0.2) is 4.39 Å². The van der Waals surface area contributed by atoms with E-state index in [1.54, 1.807) is 0 Å². The molecule has 0 aliphatic heterocycles. The molecule has 0 spiro atoms. The van der Waals surface area contributed by atoms with Crippen molar-refractivity contribution in [1.29, 1.82) is 0 Å². The summed E-state index contributed by atoms with van der Waals surface area (Å²) in [7, 11) is 0. The number of hydrogen-bond acceptors (Lipinski definition) is 1. The Morgan fingerprint density at radius 1 is 0.941 bits per heavy atom. The molecule has 90 valence electrons. The molecular formula is C14H15ClFN. The Hall–Kier alpha value is -1.38. The third-order valence-electron chi connectivity index (χ3n) is 2.59. The smallest absolute Gasteiger partial charge is 0.109 e. The fraction of sp³-hybridized carbons (Fsp3) is 0.143. The first-order valence-electron chi connectivity index (χ1n) is 5.28. The summed E-state index contributed by atoms with van der Waals surface area (Å²) < 4.78 is 12.5. The van der Waals surface area contributed by atoms with Crippen LogP contribution < -0.4 is 5.73 Å². The van der Waals surface area contributed by atoms with E-state index >= 15 is 0 Å². The number of benzene rings is 2. The van der Waals surface area contributed by atoms with Crippen LogP contribution in [0.2, 0.25) is 0 Å². The number of alkyl halides is 1. The van der Waals surface area contributed by atoms with Crippen molar-refractivity contribution in [3.8, 4) is 11.1 Å². The van der Waals surface area contributed by atoms with Gasteiger partial charge in [-0.2, -0.15) is 0 Å². The third-order valence-corrected chi connectivity index (χ3v) is 2.59. The maximum Gasteiger partial charge on any atom is 0.109 e. The Balaban J connectivity index is 0.00000144. The third kappa shape index (κ3) is 3.29. The van der Waals surface area contributed by atoms with Crippen molar-refractivity contribution >= 4 is 12.4 Å². The lowest BCUT2D eigenvalue weighted by Crippen LogP contribution is -2.11. The van der Waals surface area contributed by atoms with Gasteiger partial charge in [-0.1, -0.05) is 48.5 Å². The highest BCUT2D eigenvalue weighted by atomic mass is 35.5. The summed E-state index contributed by atoms with van der Waals surface area (Å²) in [5, 5.41) is 0. The lowest BCUT2D eigenvalue weighted by Gasteiger charge is -2.09. The Bertz CT molecular complexity index is 459. The van der Waals surface area contributed by atoms with Crippen LogP contribution >= 0.6 is 12.4 Å². The van der Waals surface area contributed by atoms with Gasteiger partial charge in [0, 0.05) is 0 Å². The minimum Gasteiger partial charge on any atom is -0.322 e. The molecule has 0 saturated carbocycles. The summed E-state index contributed by atoms with van der Waals surface area (Å²) in [6.07, 6.45) is 0. The molecular weight excluding hydrogens is 237 g/mol. The summed E-state index contributed by atoms with van der Waals surface area (Å²) in [5.41, 5.74) is 8.70. The zero-order valence-corrected chi connectivity index (χ0v) is 10.2. The van der Waals surface area contributed by atoms with E-state index in [2.05, 4.69) is 0 Å². The van der Waals surface area contributed by atoms with Crippen molar-refractivity contribution in [3.63, 3.8) is 0 Å². The minimum atomic E-state index is -0.530. The number of hydrogen-bond donors (Lipinski definition) is 1. The fourth-order valence-corrected chi connectivity index (χ4v) is 1.67. The average Bonchev–Trinajstić information content (AvgIpc) is 2.39. The molecule has 1 atom stereocenters. The predicted molar refractivity (Wildman–Crippen MR) is 72.0 cm³/mol. The summed E-state index contributed by atoms with van der Waals surface area (Å²) in [4.78, 5) is 0. The SMILES string of the molecule is Cl.N[C@H](CF)c1cccc(-c2ccccc2)c1. The van der Waals surface area contributed by atoms with Crippen molar-refractivity contribution in [3.05, 3.63) is 60.2 Å². The predicted octanol–water partition coefficient (Wildman–Crippen LogP) is 3.74. The molecule has 0 radical (unpaired) electrons. The van der Waals surface area contributed by atoms with Crippen LogP contribution in [0.5, 0.6) is 0 Å². The Morgan fingerprint density at radius 3 is 2.24 bits per heavy atom. The van der Waals surface area contributed by atoms with Crippen LogP contribution in [0.1, 0.15) is 11.6 Å². The van der Waals surface area contributed by atoms with E-state index in [9.17, 15) is 4.39 Å². The summed E-state index contributed by atoms with van der Waals surface area (Å²) in [5.74, 6) is 0. The lowest BCUT2D eigenvalue weighted by atomic mass is 10.0. The highest BCUT2D eigenvalue weighted by Crippen LogP contribution is 2.22. The van der Waals surface area contributed by atoms with E-state index in [4.69, 9.17) is 5.73 Å². The van der Waals surface area contributed by atoms with Crippen molar-refractivity contribution in [2.24, 2.45) is 5.73 Å². The minimum absolute atomic E-state index is 0. The molecule has 2 aromatic rings. The van der Waals surface area contributed by atoms with Crippen molar-refractivity contribution in [2.45, 2.75) is 6.04 Å². The number of halogens is 2. The van der Waals surface area contributed by atoms with E-state index in [-0.39, 0.29) is 12.4 Å². The molecule has 2 N–H and O–H groups in total. The standard InChI is InChI=1S/C14H14FN.ClH/c15-10-14(16)13-8-4-7-12(9-13)11-5-2-1-3-6-11;/h1-9,14H,10,16H2;1H/t14-;/m1./s1. The average molecular weight is 252 g/mol. The first kappa shape index (κ1) is 13.7. The van der Waals surface area contributed by atoms with E-state index in [0.717, 1.165) is 16.7 Å². The van der Waals surface area contributed by atoms with Gasteiger partial charge in [0.1, 0.15) is 6.67 Å². The molecule has 0 fully saturated rings. The maximum atomic E-state index is 12.5. The second-order valence-corrected chi connectivity index (χ2v) is 3.75. The van der Waals surface area contributed by atoms with E-state index < -0.39 is 12.7 Å². The first-order valence-corrected chi connectivity index (χ1v) is 5.28. The van der Waals surface area contributed by atoms with Crippen LogP contribution in [0.25, 0.3) is 11.1 Å². The van der Waals surface area contributed by atoms with Crippen LogP contribution in [-0.4, -0.2) is 6.67 Å². The van der Waals surface area contributed by atoms with E-state index in [1.165, 1.54) is 0 Å². The fourth-order valence-electron chi connectivity index (χ4n) is 1.67. The molecule has 0 unspecified atom stereocenters. The van der Waals surface area contributed by atoms with Gasteiger partial charge in [0.2, 0.25) is 0 Å². The van der Waals surface area contributed by atoms with Crippen LogP contribution in [0.3, 0.4) is 0 Å². The molecule has 2 rings (SSSR count). The van der Waals surface area contributed by atoms with Crippen molar-refractivity contribution < 1.29 is 4.39 Å². The van der Waals surface area contributed by atoms with Gasteiger partial charge in [0.05, 0.1) is 6.04 Å². The van der Waals surface area contributed by atoms with E-state index in [1.807, 2.05) is 54.6 Å². The molecule has 0 saturated heterocycles. The van der Waals surface area contributed by atoms with Gasteiger partial charge in [-0.05, 0) is 22.8 Å². The first-order chi connectivity index (χ1) is 7.81. The summed E-state index contributed by atoms with van der Waals surface area (Å²) >= 11 is 0. The van der Waals surface area contributed by atoms with Crippen LogP contribution in [-0.2, 0) is 0 Å². The second kappa shape index (κ2) is 6.38. The van der Waals surface area contributed by atoms with Gasteiger partial charge in [0.25, 0.3) is 0 Å².